The molecule has 0 radical (unpaired) electrons. The Morgan fingerprint density at radius 3 is 2.23 bits per heavy atom. The number of carbonyl (C=O) groups is 2. The highest BCUT2D eigenvalue weighted by molar-refractivity contribution is 7.00. The second kappa shape index (κ2) is 6.25. The topological polar surface area (TPSA) is 109 Å². The van der Waals surface area contributed by atoms with Crippen molar-refractivity contribution in [1.29, 1.82) is 0 Å². The van der Waals surface area contributed by atoms with Crippen molar-refractivity contribution in [2.24, 2.45) is 5.92 Å². The first kappa shape index (κ1) is 19.1. The van der Waals surface area contributed by atoms with Crippen molar-refractivity contribution in [2.45, 2.75) is 20.0 Å². The summed E-state index contributed by atoms with van der Waals surface area (Å²) in [7, 11) is 0. The molecular formula is C26H14N2O6S. The van der Waals surface area contributed by atoms with Crippen molar-refractivity contribution in [1.82, 2.24) is 8.75 Å². The third kappa shape index (κ3) is 2.35. The monoisotopic (exact) mass is 482 g/mol. The first-order valence-corrected chi connectivity index (χ1v) is 11.8. The lowest BCUT2D eigenvalue weighted by atomic mass is 10.0. The predicted molar refractivity (Wildman–Crippen MR) is 124 cm³/mol. The van der Waals surface area contributed by atoms with E-state index in [-0.39, 0.29) is 17.5 Å². The van der Waals surface area contributed by atoms with Gasteiger partial charge in [0.1, 0.15) is 28.3 Å². The molecule has 4 aromatic heterocycles. The van der Waals surface area contributed by atoms with Crippen LogP contribution in [-0.2, 0) is 4.74 Å². The van der Waals surface area contributed by atoms with Crippen LogP contribution in [0.15, 0.2) is 55.4 Å². The van der Waals surface area contributed by atoms with Crippen molar-refractivity contribution in [3.63, 3.8) is 0 Å². The Bertz CT molecular complexity index is 1810. The van der Waals surface area contributed by atoms with Gasteiger partial charge in [-0.1, -0.05) is 0 Å². The number of carbonyl (C=O) groups excluding carboxylic acids is 2. The molecule has 0 spiro atoms. The second-order valence-corrected chi connectivity index (χ2v) is 9.53. The molecule has 8 rings (SSSR count). The zero-order chi connectivity index (χ0) is 23.6. The molecule has 2 atom stereocenters. The number of nitrogens with zero attached hydrogens (tertiary/aromatic N) is 2. The molecular weight excluding hydrogens is 468 g/mol. The fourth-order valence-corrected chi connectivity index (χ4v) is 5.90. The molecule has 3 aliphatic rings. The third-order valence-electron chi connectivity index (χ3n) is 6.87. The van der Waals surface area contributed by atoms with Gasteiger partial charge >= 0.3 is 0 Å². The number of ketones is 2. The summed E-state index contributed by atoms with van der Waals surface area (Å²) in [5.74, 6) is 3.45. The maximum absolute atomic E-state index is 12.8. The predicted octanol–water partition coefficient (Wildman–Crippen LogP) is 6.11. The number of rotatable bonds is 2. The van der Waals surface area contributed by atoms with Crippen LogP contribution in [0, 0.1) is 12.8 Å². The van der Waals surface area contributed by atoms with E-state index in [0.717, 1.165) is 23.1 Å². The highest BCUT2D eigenvalue weighted by atomic mass is 32.1. The lowest BCUT2D eigenvalue weighted by Gasteiger charge is -2.09. The van der Waals surface area contributed by atoms with Gasteiger partial charge < -0.3 is 18.0 Å². The third-order valence-corrected chi connectivity index (χ3v) is 7.40. The van der Waals surface area contributed by atoms with Crippen LogP contribution in [0.2, 0.25) is 0 Å². The van der Waals surface area contributed by atoms with E-state index in [1.54, 1.807) is 25.1 Å². The van der Waals surface area contributed by atoms with Crippen molar-refractivity contribution in [3.8, 4) is 34.2 Å². The zero-order valence-corrected chi connectivity index (χ0v) is 19.2. The van der Waals surface area contributed by atoms with E-state index in [0.29, 0.717) is 67.8 Å². The average molecular weight is 482 g/mol. The van der Waals surface area contributed by atoms with Crippen LogP contribution < -0.4 is 0 Å². The summed E-state index contributed by atoms with van der Waals surface area (Å²) in [6.07, 6.45) is 1.44. The largest absolute Gasteiger partial charge is 0.486 e. The SMILES string of the molecule is CC1=CC2C(=O)c3cc(-c4ccc(-c5cc6c(o5)-c5oc(C)cc5C6=O)c5nsnc45)oc3C2O1. The molecule has 35 heavy (non-hydrogen) atoms. The second-order valence-electron chi connectivity index (χ2n) is 9.00. The molecule has 0 fully saturated rings. The van der Waals surface area contributed by atoms with Crippen LogP contribution in [0.25, 0.3) is 45.2 Å². The van der Waals surface area contributed by atoms with E-state index in [2.05, 4.69) is 8.75 Å². The number of hydrogen-bond acceptors (Lipinski definition) is 9. The molecule has 5 heterocycles. The van der Waals surface area contributed by atoms with E-state index in [1.165, 1.54) is 0 Å². The van der Waals surface area contributed by atoms with Crippen LogP contribution in [0.5, 0.6) is 0 Å². The van der Waals surface area contributed by atoms with Gasteiger partial charge in [-0.3, -0.25) is 9.59 Å². The molecule has 1 aromatic carbocycles. The summed E-state index contributed by atoms with van der Waals surface area (Å²) >= 11 is 1.07. The molecule has 0 bridgehead atoms. The van der Waals surface area contributed by atoms with Gasteiger partial charge in [0.05, 0.1) is 40.1 Å². The molecule has 0 amide bonds. The summed E-state index contributed by atoms with van der Waals surface area (Å²) in [4.78, 5) is 25.6. The van der Waals surface area contributed by atoms with Gasteiger partial charge in [-0.25, -0.2) is 0 Å². The van der Waals surface area contributed by atoms with Crippen molar-refractivity contribution in [3.05, 3.63) is 70.4 Å². The summed E-state index contributed by atoms with van der Waals surface area (Å²) in [6, 6.07) is 8.94. The van der Waals surface area contributed by atoms with E-state index in [1.807, 2.05) is 25.1 Å². The van der Waals surface area contributed by atoms with E-state index in [9.17, 15) is 9.59 Å². The maximum Gasteiger partial charge on any atom is 0.201 e. The quantitative estimate of drug-likeness (QED) is 0.291. The van der Waals surface area contributed by atoms with Crippen molar-refractivity contribution < 1.29 is 27.6 Å². The van der Waals surface area contributed by atoms with Gasteiger partial charge in [-0.15, -0.1) is 0 Å². The van der Waals surface area contributed by atoms with E-state index < -0.39 is 6.10 Å². The minimum absolute atomic E-state index is 0.00316. The Kier molecular flexibility index (Phi) is 3.41. The smallest absolute Gasteiger partial charge is 0.201 e. The number of ether oxygens (including phenoxy) is 1. The highest BCUT2D eigenvalue weighted by Gasteiger charge is 2.47. The fourth-order valence-electron chi connectivity index (χ4n) is 5.33. The Balaban J connectivity index is 1.24. The van der Waals surface area contributed by atoms with Gasteiger partial charge in [0.25, 0.3) is 0 Å². The lowest BCUT2D eigenvalue weighted by molar-refractivity contribution is 0.0787. The molecule has 2 aliphatic carbocycles. The lowest BCUT2D eigenvalue weighted by Crippen LogP contribution is -2.07. The normalized spacial score (nSPS) is 19.7. The number of aromatic nitrogens is 2. The van der Waals surface area contributed by atoms with E-state index >= 15 is 0 Å². The maximum atomic E-state index is 12.8. The molecule has 170 valence electrons. The summed E-state index contributed by atoms with van der Waals surface area (Å²) in [5, 5.41) is 0. The van der Waals surface area contributed by atoms with Crippen LogP contribution in [0.1, 0.15) is 50.8 Å². The summed E-state index contributed by atoms with van der Waals surface area (Å²) in [5.41, 5.74) is 4.23. The molecule has 8 nitrogen and oxygen atoms in total. The zero-order valence-electron chi connectivity index (χ0n) is 18.4. The molecule has 9 heteroatoms. The highest BCUT2D eigenvalue weighted by Crippen LogP contribution is 2.49. The van der Waals surface area contributed by atoms with Gasteiger partial charge in [-0.05, 0) is 50.3 Å². The van der Waals surface area contributed by atoms with Crippen LogP contribution in [0.3, 0.4) is 0 Å². The number of benzene rings is 1. The molecule has 1 aliphatic heterocycles. The fraction of sp³-hybridized carbons (Fsp3) is 0.154. The number of aryl methyl sites for hydroxylation is 1. The Morgan fingerprint density at radius 1 is 0.800 bits per heavy atom. The Labute approximate surface area is 201 Å². The number of fused-ring (bicyclic) bond motifs is 7. The molecule has 5 aromatic rings. The minimum Gasteiger partial charge on any atom is -0.486 e. The number of hydrogen-bond donors (Lipinski definition) is 0. The first-order valence-electron chi connectivity index (χ1n) is 11.1. The van der Waals surface area contributed by atoms with Gasteiger partial charge in [-0.2, -0.15) is 8.75 Å². The number of allylic oxidation sites excluding steroid dienone is 1. The standard InChI is InChI=1S/C26H14N2O6S/c1-9-5-13-21(29)15-7-17(33-25(15)23(13)31-9)11-3-4-12(20-19(11)27-35-28-20)18-8-16-22(30)14-6-10(2)32-24(14)26(16)34-18/h3-8,13,23H,1-2H3. The Morgan fingerprint density at radius 2 is 1.46 bits per heavy atom. The summed E-state index contributed by atoms with van der Waals surface area (Å²) < 4.78 is 32.8. The Hall–Kier alpha value is -4.24. The first-order chi connectivity index (χ1) is 17.0. The molecule has 0 saturated heterocycles. The molecule has 2 unspecified atom stereocenters. The van der Waals surface area contributed by atoms with Gasteiger partial charge in [0, 0.05) is 11.1 Å². The number of furan rings is 3. The van der Waals surface area contributed by atoms with Crippen molar-refractivity contribution in [2.75, 3.05) is 0 Å². The van der Waals surface area contributed by atoms with Crippen molar-refractivity contribution >= 4 is 34.3 Å². The van der Waals surface area contributed by atoms with Gasteiger partial charge in [0.2, 0.25) is 5.78 Å². The van der Waals surface area contributed by atoms with Crippen LogP contribution in [-0.4, -0.2) is 20.3 Å². The van der Waals surface area contributed by atoms with Crippen LogP contribution in [0.4, 0.5) is 0 Å². The molecule has 0 saturated carbocycles. The summed E-state index contributed by atoms with van der Waals surface area (Å²) in [6.45, 7) is 3.64. The van der Waals surface area contributed by atoms with E-state index in [4.69, 9.17) is 18.0 Å². The average Bonchev–Trinajstić information content (AvgIpc) is 3.66. The van der Waals surface area contributed by atoms with Gasteiger partial charge in [0.15, 0.2) is 29.2 Å². The number of Topliss-reactive ketones (excluding diaryl/α,β-unsaturated/α-hetero) is 1. The molecule has 0 N–H and O–H groups in total. The minimum atomic E-state index is -0.409. The van der Waals surface area contributed by atoms with Crippen LogP contribution >= 0.6 is 11.7 Å².